The molecule has 0 atom stereocenters. The number of carbonyl (C=O) groups excluding carboxylic acids is 1. The lowest BCUT2D eigenvalue weighted by Gasteiger charge is -2.04. The molecule has 0 aliphatic rings. The first-order valence-corrected chi connectivity index (χ1v) is 6.26. The molecule has 1 aromatic heterocycles. The largest absolute Gasteiger partial charge is 0.469 e. The van der Waals surface area contributed by atoms with Crippen LogP contribution in [0, 0.1) is 18.3 Å². The van der Waals surface area contributed by atoms with E-state index in [0.29, 0.717) is 16.9 Å². The number of halogens is 2. The van der Waals surface area contributed by atoms with Crippen molar-refractivity contribution in [1.29, 1.82) is 5.26 Å². The van der Waals surface area contributed by atoms with E-state index in [2.05, 4.69) is 4.74 Å². The Labute approximate surface area is 125 Å². The lowest BCUT2D eigenvalue weighted by Crippen LogP contribution is -2.02. The Balaban J connectivity index is 2.24. The summed E-state index contributed by atoms with van der Waals surface area (Å²) in [6.07, 6.45) is 2.75. The van der Waals surface area contributed by atoms with Gasteiger partial charge in [-0.25, -0.2) is 0 Å². The van der Waals surface area contributed by atoms with Crippen molar-refractivity contribution in [3.05, 3.63) is 59.1 Å². The van der Waals surface area contributed by atoms with Gasteiger partial charge < -0.3 is 9.15 Å². The number of ether oxygens (including phenoxy) is 1. The predicted molar refractivity (Wildman–Crippen MR) is 74.4 cm³/mol. The molecular weight excluding hydrogens is 292 g/mol. The number of nitriles is 1. The Bertz CT molecular complexity index is 739. The molecule has 0 bridgehead atoms. The van der Waals surface area contributed by atoms with Crippen molar-refractivity contribution >= 4 is 11.9 Å². The van der Waals surface area contributed by atoms with Gasteiger partial charge in [0.15, 0.2) is 0 Å². The molecule has 0 aliphatic carbocycles. The monoisotopic (exact) mass is 303 g/mol. The molecule has 1 aromatic carbocycles. The summed E-state index contributed by atoms with van der Waals surface area (Å²) in [6, 6.07) is 8.94. The van der Waals surface area contributed by atoms with Crippen LogP contribution in [0.25, 0.3) is 6.08 Å². The highest BCUT2D eigenvalue weighted by molar-refractivity contribution is 6.14. The molecule has 0 unspecified atom stereocenters. The van der Waals surface area contributed by atoms with E-state index in [1.807, 2.05) is 6.07 Å². The summed E-state index contributed by atoms with van der Waals surface area (Å²) in [6.45, 7) is -1.28. The van der Waals surface area contributed by atoms with Crippen LogP contribution in [0.5, 0.6) is 5.75 Å². The van der Waals surface area contributed by atoms with Crippen LogP contribution in [0.4, 0.5) is 8.78 Å². The Hall–Kier alpha value is -2.94. The van der Waals surface area contributed by atoms with Crippen molar-refractivity contribution in [3.8, 4) is 11.8 Å². The number of alkyl halides is 2. The second-order valence-corrected chi connectivity index (χ2v) is 4.34. The minimum absolute atomic E-state index is 0.00247. The fourth-order valence-electron chi connectivity index (χ4n) is 1.83. The van der Waals surface area contributed by atoms with Gasteiger partial charge in [-0.1, -0.05) is 12.1 Å². The zero-order valence-electron chi connectivity index (χ0n) is 11.5. The second-order valence-electron chi connectivity index (χ2n) is 4.34. The van der Waals surface area contributed by atoms with E-state index in [1.54, 1.807) is 6.92 Å². The molecule has 4 nitrogen and oxygen atoms in total. The summed E-state index contributed by atoms with van der Waals surface area (Å²) in [7, 11) is 0. The van der Waals surface area contributed by atoms with Gasteiger partial charge in [0.05, 0.1) is 11.8 Å². The number of aryl methyl sites for hydroxylation is 1. The number of allylic oxidation sites excluding steroid dienone is 1. The molecule has 0 aliphatic heterocycles. The van der Waals surface area contributed by atoms with Crippen molar-refractivity contribution in [2.45, 2.75) is 13.5 Å². The fraction of sp³-hybridized carbons (Fsp3) is 0.125. The normalized spacial score (nSPS) is 11.3. The van der Waals surface area contributed by atoms with Gasteiger partial charge in [0, 0.05) is 0 Å². The number of rotatable bonds is 5. The molecule has 0 fully saturated rings. The quantitative estimate of drug-likeness (QED) is 0.476. The maximum atomic E-state index is 12.2. The van der Waals surface area contributed by atoms with E-state index in [4.69, 9.17) is 9.68 Å². The Morgan fingerprint density at radius 2 is 2.00 bits per heavy atom. The maximum absolute atomic E-state index is 12.2. The first kappa shape index (κ1) is 15.4. The molecule has 0 spiro atoms. The van der Waals surface area contributed by atoms with E-state index in [0.717, 1.165) is 0 Å². The topological polar surface area (TPSA) is 63.2 Å². The zero-order chi connectivity index (χ0) is 16.1. The van der Waals surface area contributed by atoms with Gasteiger partial charge in [0.25, 0.3) is 0 Å². The van der Waals surface area contributed by atoms with E-state index >= 15 is 0 Å². The van der Waals surface area contributed by atoms with Crippen LogP contribution in [0.1, 0.15) is 21.7 Å². The van der Waals surface area contributed by atoms with Gasteiger partial charge in [-0.2, -0.15) is 14.0 Å². The summed E-state index contributed by atoms with van der Waals surface area (Å²) >= 11 is 0. The van der Waals surface area contributed by atoms with Crippen molar-refractivity contribution in [3.63, 3.8) is 0 Å². The van der Waals surface area contributed by atoms with E-state index in [9.17, 15) is 13.6 Å². The average Bonchev–Trinajstić information content (AvgIpc) is 2.91. The number of hydrogen-bond donors (Lipinski definition) is 0. The van der Waals surface area contributed by atoms with Gasteiger partial charge in [0.1, 0.15) is 23.2 Å². The van der Waals surface area contributed by atoms with Crippen molar-refractivity contribution in [1.82, 2.24) is 0 Å². The third-order valence-electron chi connectivity index (χ3n) is 2.88. The number of furan rings is 1. The summed E-state index contributed by atoms with van der Waals surface area (Å²) < 4.78 is 33.4. The van der Waals surface area contributed by atoms with Crippen LogP contribution >= 0.6 is 0 Å². The van der Waals surface area contributed by atoms with Gasteiger partial charge >= 0.3 is 6.61 Å². The van der Waals surface area contributed by atoms with E-state index < -0.39 is 12.4 Å². The lowest BCUT2D eigenvalue weighted by molar-refractivity contribution is -0.0498. The molecule has 0 saturated heterocycles. The first-order chi connectivity index (χ1) is 10.5. The summed E-state index contributed by atoms with van der Waals surface area (Å²) in [4.78, 5) is 12.2. The highest BCUT2D eigenvalue weighted by Gasteiger charge is 2.16. The zero-order valence-corrected chi connectivity index (χ0v) is 11.5. The molecule has 22 heavy (non-hydrogen) atoms. The molecule has 0 amide bonds. The third-order valence-corrected chi connectivity index (χ3v) is 2.88. The highest BCUT2D eigenvalue weighted by atomic mass is 19.3. The molecule has 0 radical (unpaired) electrons. The van der Waals surface area contributed by atoms with Crippen LogP contribution in [0.3, 0.4) is 0 Å². The number of ketones is 1. The molecule has 112 valence electrons. The molecule has 1 heterocycles. The molecule has 6 heteroatoms. The number of hydrogen-bond acceptors (Lipinski definition) is 4. The predicted octanol–water partition coefficient (Wildman–Crippen LogP) is 3.98. The summed E-state index contributed by atoms with van der Waals surface area (Å²) in [5, 5.41) is 9.13. The fourth-order valence-corrected chi connectivity index (χ4v) is 1.83. The minimum atomic E-state index is -2.90. The van der Waals surface area contributed by atoms with Gasteiger partial charge in [0.2, 0.25) is 5.78 Å². The summed E-state index contributed by atoms with van der Waals surface area (Å²) in [5.74, 6) is -0.0313. The van der Waals surface area contributed by atoms with Crippen molar-refractivity contribution in [2.75, 3.05) is 0 Å². The number of nitrogens with zero attached hydrogens (tertiary/aromatic N) is 1. The number of benzene rings is 1. The molecule has 0 N–H and O–H groups in total. The van der Waals surface area contributed by atoms with E-state index in [1.165, 1.54) is 42.7 Å². The number of carbonyl (C=O) groups is 1. The van der Waals surface area contributed by atoms with E-state index in [-0.39, 0.29) is 11.3 Å². The Morgan fingerprint density at radius 3 is 2.50 bits per heavy atom. The first-order valence-electron chi connectivity index (χ1n) is 6.26. The minimum Gasteiger partial charge on any atom is -0.469 e. The Morgan fingerprint density at radius 1 is 1.32 bits per heavy atom. The number of Topliss-reactive ketones (excluding diaryl/α,β-unsaturated/α-hetero) is 1. The van der Waals surface area contributed by atoms with Gasteiger partial charge in [-0.15, -0.1) is 0 Å². The SMILES string of the molecule is Cc1occc1C(=O)/C(C#N)=C/c1ccc(OC(F)F)cc1. The second kappa shape index (κ2) is 6.68. The van der Waals surface area contributed by atoms with Gasteiger partial charge in [-0.3, -0.25) is 4.79 Å². The van der Waals surface area contributed by atoms with Crippen LogP contribution in [-0.2, 0) is 0 Å². The summed E-state index contributed by atoms with van der Waals surface area (Å²) in [5.41, 5.74) is 0.755. The van der Waals surface area contributed by atoms with Crippen LogP contribution in [0.2, 0.25) is 0 Å². The Kier molecular flexibility index (Phi) is 4.69. The van der Waals surface area contributed by atoms with Gasteiger partial charge in [-0.05, 0) is 36.8 Å². The standard InChI is InChI=1S/C16H11F2NO3/c1-10-14(6-7-21-10)15(20)12(9-19)8-11-2-4-13(5-3-11)22-16(17)18/h2-8,16H,1H3/b12-8+. The van der Waals surface area contributed by atoms with Crippen LogP contribution in [0.15, 0.2) is 46.6 Å². The van der Waals surface area contributed by atoms with Crippen LogP contribution in [-0.4, -0.2) is 12.4 Å². The van der Waals surface area contributed by atoms with Crippen molar-refractivity contribution < 1.29 is 22.7 Å². The lowest BCUT2D eigenvalue weighted by atomic mass is 10.0. The molecule has 0 saturated carbocycles. The highest BCUT2D eigenvalue weighted by Crippen LogP contribution is 2.19. The van der Waals surface area contributed by atoms with Crippen molar-refractivity contribution in [2.24, 2.45) is 0 Å². The molecule has 2 aromatic rings. The maximum Gasteiger partial charge on any atom is 0.387 e. The average molecular weight is 303 g/mol. The molecule has 2 rings (SSSR count). The van der Waals surface area contributed by atoms with Crippen LogP contribution < -0.4 is 4.74 Å². The third kappa shape index (κ3) is 3.58. The molecular formula is C16H11F2NO3. The smallest absolute Gasteiger partial charge is 0.387 e.